The molecule has 0 spiro atoms. The van der Waals surface area contributed by atoms with E-state index in [1.54, 1.807) is 6.33 Å². The van der Waals surface area contributed by atoms with Gasteiger partial charge in [-0.05, 0) is 41.7 Å². The van der Waals surface area contributed by atoms with Gasteiger partial charge in [-0.3, -0.25) is 0 Å². The Kier molecular flexibility index (Phi) is 7.58. The minimum absolute atomic E-state index is 0.234. The van der Waals surface area contributed by atoms with Gasteiger partial charge in [0.15, 0.2) is 0 Å². The van der Waals surface area contributed by atoms with Crippen LogP contribution in [0.5, 0.6) is 0 Å². The molecule has 2 aliphatic rings. The maximum absolute atomic E-state index is 9.97. The largest absolute Gasteiger partial charge is 0.391 e. The van der Waals surface area contributed by atoms with Crippen molar-refractivity contribution in [2.24, 2.45) is 0 Å². The van der Waals surface area contributed by atoms with Crippen LogP contribution >= 0.6 is 0 Å². The van der Waals surface area contributed by atoms with E-state index in [1.165, 1.54) is 5.56 Å². The van der Waals surface area contributed by atoms with Crippen LogP contribution in [0.15, 0.2) is 73.3 Å². The van der Waals surface area contributed by atoms with E-state index in [1.807, 2.05) is 18.5 Å². The van der Waals surface area contributed by atoms with Crippen molar-refractivity contribution in [3.8, 4) is 0 Å². The van der Waals surface area contributed by atoms with Crippen LogP contribution in [0.3, 0.4) is 0 Å². The summed E-state index contributed by atoms with van der Waals surface area (Å²) in [6, 6.07) is 18.9. The van der Waals surface area contributed by atoms with Crippen LogP contribution in [-0.4, -0.2) is 75.4 Å². The Morgan fingerprint density at radius 3 is 2.08 bits per heavy atom. The molecule has 9 heteroatoms. The first kappa shape index (κ1) is 25.2. The van der Waals surface area contributed by atoms with Gasteiger partial charge in [-0.1, -0.05) is 42.5 Å². The Labute approximate surface area is 229 Å². The molecular weight excluding hydrogens is 488 g/mol. The van der Waals surface area contributed by atoms with Gasteiger partial charge in [0.05, 0.1) is 6.10 Å². The van der Waals surface area contributed by atoms with Gasteiger partial charge >= 0.3 is 0 Å². The van der Waals surface area contributed by atoms with Crippen LogP contribution in [0.1, 0.15) is 35.4 Å². The molecule has 1 N–H and O–H groups in total. The monoisotopic (exact) mass is 522 g/mol. The van der Waals surface area contributed by atoms with Crippen LogP contribution in [-0.2, 0) is 12.8 Å². The second kappa shape index (κ2) is 11.7. The number of aliphatic hydroxyl groups is 1. The van der Waals surface area contributed by atoms with Crippen molar-refractivity contribution in [1.29, 1.82) is 0 Å². The summed E-state index contributed by atoms with van der Waals surface area (Å²) in [5.74, 6) is 2.25. The minimum atomic E-state index is -0.234. The van der Waals surface area contributed by atoms with E-state index in [0.717, 1.165) is 86.5 Å². The van der Waals surface area contributed by atoms with Gasteiger partial charge in [0.2, 0.25) is 11.9 Å². The molecular formula is C30H34N8O. The van der Waals surface area contributed by atoms with Gasteiger partial charge in [-0.25, -0.2) is 19.9 Å². The molecule has 2 aromatic carbocycles. The lowest BCUT2D eigenvalue weighted by atomic mass is 10.1. The molecule has 2 saturated heterocycles. The van der Waals surface area contributed by atoms with Gasteiger partial charge in [-0.15, -0.1) is 0 Å². The molecule has 0 unspecified atom stereocenters. The number of aromatic nitrogens is 5. The highest BCUT2D eigenvalue weighted by molar-refractivity contribution is 5.48. The van der Waals surface area contributed by atoms with Gasteiger partial charge in [0.25, 0.3) is 0 Å². The maximum atomic E-state index is 9.97. The van der Waals surface area contributed by atoms with Crippen molar-refractivity contribution in [2.75, 3.05) is 54.0 Å². The fourth-order valence-electron chi connectivity index (χ4n) is 5.29. The lowest BCUT2D eigenvalue weighted by molar-refractivity contribution is 0.154. The molecule has 0 radical (unpaired) electrons. The smallest absolute Gasteiger partial charge is 0.228 e. The number of β-amino-alcohol motifs (C(OH)–C–C–N with tert-alkyl or cyclic N) is 1. The topological polar surface area (TPSA) is 94.4 Å². The van der Waals surface area contributed by atoms with E-state index in [-0.39, 0.29) is 6.10 Å². The number of nitrogens with zero attached hydrogens (tertiary/aromatic N) is 8. The molecule has 0 aliphatic carbocycles. The second-order valence-corrected chi connectivity index (χ2v) is 10.3. The van der Waals surface area contributed by atoms with E-state index in [4.69, 9.17) is 4.98 Å². The van der Waals surface area contributed by atoms with Gasteiger partial charge in [0.1, 0.15) is 12.2 Å². The molecule has 2 fully saturated rings. The number of benzene rings is 2. The second-order valence-electron chi connectivity index (χ2n) is 10.3. The number of piperazine rings is 1. The van der Waals surface area contributed by atoms with Crippen LogP contribution in [0.4, 0.5) is 17.6 Å². The summed E-state index contributed by atoms with van der Waals surface area (Å²) in [4.78, 5) is 29.6. The Bertz CT molecular complexity index is 1340. The average molecular weight is 523 g/mol. The lowest BCUT2D eigenvalue weighted by Gasteiger charge is -2.34. The number of piperidine rings is 1. The molecule has 2 aliphatic heterocycles. The maximum Gasteiger partial charge on any atom is 0.228 e. The predicted octanol–water partition coefficient (Wildman–Crippen LogP) is 3.13. The highest BCUT2D eigenvalue weighted by Crippen LogP contribution is 2.22. The Morgan fingerprint density at radius 1 is 0.667 bits per heavy atom. The third kappa shape index (κ3) is 6.31. The third-order valence-electron chi connectivity index (χ3n) is 7.46. The minimum Gasteiger partial charge on any atom is -0.391 e. The first-order chi connectivity index (χ1) is 19.2. The van der Waals surface area contributed by atoms with Crippen molar-refractivity contribution >= 4 is 17.6 Å². The molecule has 2 aromatic heterocycles. The summed E-state index contributed by atoms with van der Waals surface area (Å²) in [6.45, 7) is 4.92. The van der Waals surface area contributed by atoms with E-state index < -0.39 is 0 Å². The van der Waals surface area contributed by atoms with E-state index in [9.17, 15) is 5.11 Å². The van der Waals surface area contributed by atoms with Gasteiger partial charge < -0.3 is 19.8 Å². The first-order valence-electron chi connectivity index (χ1n) is 13.7. The van der Waals surface area contributed by atoms with Crippen LogP contribution in [0, 0.1) is 0 Å². The summed E-state index contributed by atoms with van der Waals surface area (Å²) in [5.41, 5.74) is 4.68. The number of hydrogen-bond acceptors (Lipinski definition) is 9. The molecule has 4 heterocycles. The summed E-state index contributed by atoms with van der Waals surface area (Å²) >= 11 is 0. The number of anilines is 3. The summed E-state index contributed by atoms with van der Waals surface area (Å²) in [7, 11) is 0. The fraction of sp³-hybridized carbons (Fsp3) is 0.367. The number of hydrogen-bond donors (Lipinski definition) is 1. The normalized spacial score (nSPS) is 17.9. The van der Waals surface area contributed by atoms with E-state index >= 15 is 0 Å². The summed E-state index contributed by atoms with van der Waals surface area (Å²) in [6.07, 6.45) is 8.65. The number of aliphatic hydroxyl groups excluding tert-OH is 1. The summed E-state index contributed by atoms with van der Waals surface area (Å²) < 4.78 is 0. The fourth-order valence-corrected chi connectivity index (χ4v) is 5.29. The predicted molar refractivity (Wildman–Crippen MR) is 152 cm³/mol. The van der Waals surface area contributed by atoms with Crippen molar-refractivity contribution in [3.05, 3.63) is 95.8 Å². The van der Waals surface area contributed by atoms with Crippen molar-refractivity contribution in [2.45, 2.75) is 31.8 Å². The van der Waals surface area contributed by atoms with E-state index in [0.29, 0.717) is 13.0 Å². The van der Waals surface area contributed by atoms with Crippen molar-refractivity contribution in [1.82, 2.24) is 24.9 Å². The summed E-state index contributed by atoms with van der Waals surface area (Å²) in [5, 5.41) is 9.97. The van der Waals surface area contributed by atoms with Crippen LogP contribution in [0.25, 0.3) is 0 Å². The molecule has 6 rings (SSSR count). The molecule has 9 nitrogen and oxygen atoms in total. The first-order valence-corrected chi connectivity index (χ1v) is 13.7. The zero-order valence-corrected chi connectivity index (χ0v) is 22.1. The molecule has 200 valence electrons. The SMILES string of the molecule is O[C@@H]1CCCN(c2ccc(Cc3ncnc(N4CCN(c5ncc(Cc6ccccc6)cn5)CC4)n3)cc2)C1. The zero-order chi connectivity index (χ0) is 26.4. The molecule has 1 atom stereocenters. The van der Waals surface area contributed by atoms with E-state index in [2.05, 4.69) is 83.2 Å². The van der Waals surface area contributed by atoms with Crippen LogP contribution < -0.4 is 14.7 Å². The Hall–Kier alpha value is -4.11. The third-order valence-corrected chi connectivity index (χ3v) is 7.46. The quantitative estimate of drug-likeness (QED) is 0.393. The molecule has 0 bridgehead atoms. The molecule has 4 aromatic rings. The highest BCUT2D eigenvalue weighted by Gasteiger charge is 2.22. The lowest BCUT2D eigenvalue weighted by Crippen LogP contribution is -2.47. The molecule has 0 amide bonds. The Morgan fingerprint density at radius 2 is 1.36 bits per heavy atom. The highest BCUT2D eigenvalue weighted by atomic mass is 16.3. The van der Waals surface area contributed by atoms with Gasteiger partial charge in [-0.2, -0.15) is 4.98 Å². The Balaban J connectivity index is 1.03. The van der Waals surface area contributed by atoms with Crippen molar-refractivity contribution < 1.29 is 5.11 Å². The standard InChI is InChI=1S/C30H34N8O/c39-27-7-4-12-38(21-27)26-10-8-24(9-11-26)18-28-33-22-34-30(35-28)37-15-13-36(14-16-37)29-31-19-25(20-32-29)17-23-5-2-1-3-6-23/h1-3,5-6,8-11,19-20,22,27,39H,4,7,12-18,21H2/t27-/m1/s1. The van der Waals surface area contributed by atoms with Crippen LogP contribution in [0.2, 0.25) is 0 Å². The molecule has 39 heavy (non-hydrogen) atoms. The average Bonchev–Trinajstić information content (AvgIpc) is 2.99. The van der Waals surface area contributed by atoms with Gasteiger partial charge in [0, 0.05) is 70.2 Å². The number of rotatable bonds is 7. The molecule has 0 saturated carbocycles. The van der Waals surface area contributed by atoms with Crippen molar-refractivity contribution in [3.63, 3.8) is 0 Å². The zero-order valence-electron chi connectivity index (χ0n) is 22.1.